The number of hydrogen-bond donors (Lipinski definition) is 1. The molecule has 2 N–H and O–H groups in total. The third-order valence-electron chi connectivity index (χ3n) is 5.88. The van der Waals surface area contributed by atoms with Crippen molar-refractivity contribution < 1.29 is 0 Å². The molecule has 1 aromatic rings. The molecule has 1 unspecified atom stereocenters. The van der Waals surface area contributed by atoms with Crippen LogP contribution in [0.3, 0.4) is 0 Å². The molecule has 0 aromatic heterocycles. The van der Waals surface area contributed by atoms with Gasteiger partial charge in [-0.1, -0.05) is 74.4 Å². The predicted molar refractivity (Wildman–Crippen MR) is 131 cm³/mol. The highest BCUT2D eigenvalue weighted by molar-refractivity contribution is 5.45. The summed E-state index contributed by atoms with van der Waals surface area (Å²) >= 11 is 0. The third kappa shape index (κ3) is 6.12. The summed E-state index contributed by atoms with van der Waals surface area (Å²) in [5, 5.41) is 0. The first-order valence-electron chi connectivity index (χ1n) is 10.8. The lowest BCUT2D eigenvalue weighted by atomic mass is 9.81. The molecule has 1 saturated heterocycles. The molecule has 0 amide bonds. The number of likely N-dealkylation sites (tertiary alicyclic amines) is 1. The van der Waals surface area contributed by atoms with Gasteiger partial charge >= 0.3 is 0 Å². The number of rotatable bonds is 8. The predicted octanol–water partition coefficient (Wildman–Crippen LogP) is 5.89. The zero-order valence-corrected chi connectivity index (χ0v) is 19.0. The molecule has 0 bridgehead atoms. The van der Waals surface area contributed by atoms with Crippen molar-refractivity contribution in [2.45, 2.75) is 46.0 Å². The Morgan fingerprint density at radius 3 is 2.53 bits per heavy atom. The number of benzene rings is 1. The Bertz CT molecular complexity index is 903. The minimum atomic E-state index is 0.175. The maximum atomic E-state index is 6.46. The minimum Gasteiger partial charge on any atom is -0.398 e. The summed E-state index contributed by atoms with van der Waals surface area (Å²) in [4.78, 5) is 2.51. The Balaban J connectivity index is 2.05. The highest BCUT2D eigenvalue weighted by atomic mass is 15.1. The second kappa shape index (κ2) is 10.9. The Morgan fingerprint density at radius 1 is 1.27 bits per heavy atom. The van der Waals surface area contributed by atoms with E-state index in [1.54, 1.807) is 0 Å². The van der Waals surface area contributed by atoms with Gasteiger partial charge in [-0.05, 0) is 62.1 Å². The highest BCUT2D eigenvalue weighted by Crippen LogP contribution is 2.34. The van der Waals surface area contributed by atoms with Gasteiger partial charge in [0.1, 0.15) is 0 Å². The fraction of sp³-hybridized carbons (Fsp3) is 0.357. The average Bonchev–Trinajstić information content (AvgIpc) is 3.13. The monoisotopic (exact) mass is 400 g/mol. The first kappa shape index (κ1) is 23.5. The highest BCUT2D eigenvalue weighted by Gasteiger charge is 2.34. The number of nitrogens with two attached hydrogens (primary N) is 1. The Morgan fingerprint density at radius 2 is 1.97 bits per heavy atom. The molecule has 1 aliphatic heterocycles. The molecule has 1 aliphatic rings. The zero-order valence-electron chi connectivity index (χ0n) is 19.0. The quantitative estimate of drug-likeness (QED) is 0.435. The first-order valence-corrected chi connectivity index (χ1v) is 10.8. The van der Waals surface area contributed by atoms with Gasteiger partial charge in [0.15, 0.2) is 0 Å². The summed E-state index contributed by atoms with van der Waals surface area (Å²) in [5.74, 6) is 2.70. The van der Waals surface area contributed by atoms with Crippen molar-refractivity contribution in [2.24, 2.45) is 5.73 Å². The van der Waals surface area contributed by atoms with Crippen LogP contribution < -0.4 is 5.73 Å². The molecule has 2 heteroatoms. The number of hydrogen-bond acceptors (Lipinski definition) is 2. The molecule has 1 atom stereocenters. The molecule has 2 rings (SSSR count). The molecule has 0 saturated carbocycles. The molecule has 0 aliphatic carbocycles. The molecule has 0 spiro atoms. The van der Waals surface area contributed by atoms with Crippen LogP contribution in [0.5, 0.6) is 0 Å². The van der Waals surface area contributed by atoms with Crippen LogP contribution in [0, 0.1) is 12.3 Å². The number of terminal acetylenes is 1. The fourth-order valence-electron chi connectivity index (χ4n) is 3.92. The maximum Gasteiger partial charge on any atom is 0.0416 e. The largest absolute Gasteiger partial charge is 0.398 e. The van der Waals surface area contributed by atoms with Gasteiger partial charge in [0, 0.05) is 29.8 Å². The Hall–Kier alpha value is -2.76. The zero-order chi connectivity index (χ0) is 22.1. The molecule has 1 aromatic carbocycles. The lowest BCUT2D eigenvalue weighted by Gasteiger charge is -2.25. The van der Waals surface area contributed by atoms with E-state index in [1.807, 2.05) is 38.1 Å². The smallest absolute Gasteiger partial charge is 0.0416 e. The molecule has 0 radical (unpaired) electrons. The van der Waals surface area contributed by atoms with Gasteiger partial charge in [-0.15, -0.1) is 6.42 Å². The van der Waals surface area contributed by atoms with Crippen molar-refractivity contribution in [2.75, 3.05) is 19.6 Å². The summed E-state index contributed by atoms with van der Waals surface area (Å²) < 4.78 is 0. The molecular weight excluding hydrogens is 364 g/mol. The normalized spacial score (nSPS) is 21.2. The van der Waals surface area contributed by atoms with Crippen LogP contribution in [0.1, 0.15) is 51.7 Å². The third-order valence-corrected chi connectivity index (χ3v) is 5.88. The topological polar surface area (TPSA) is 29.3 Å². The van der Waals surface area contributed by atoms with Gasteiger partial charge in [0.25, 0.3) is 0 Å². The van der Waals surface area contributed by atoms with E-state index in [9.17, 15) is 0 Å². The molecule has 158 valence electrons. The molecule has 1 fully saturated rings. The van der Waals surface area contributed by atoms with Crippen LogP contribution in [-0.4, -0.2) is 24.5 Å². The van der Waals surface area contributed by atoms with Crippen molar-refractivity contribution in [1.29, 1.82) is 0 Å². The lowest BCUT2D eigenvalue weighted by Crippen LogP contribution is -2.28. The van der Waals surface area contributed by atoms with Crippen LogP contribution >= 0.6 is 0 Å². The van der Waals surface area contributed by atoms with Crippen LogP contribution in [0.25, 0.3) is 0 Å². The summed E-state index contributed by atoms with van der Waals surface area (Å²) in [7, 11) is 0. The van der Waals surface area contributed by atoms with Crippen LogP contribution in [0.15, 0.2) is 83.6 Å². The number of nitrogens with zero attached hydrogens (tertiary/aromatic N) is 1. The van der Waals surface area contributed by atoms with E-state index in [1.165, 1.54) is 11.1 Å². The minimum absolute atomic E-state index is 0.175. The molecule has 30 heavy (non-hydrogen) atoms. The van der Waals surface area contributed by atoms with Crippen molar-refractivity contribution in [3.63, 3.8) is 0 Å². The maximum absolute atomic E-state index is 6.46. The summed E-state index contributed by atoms with van der Waals surface area (Å²) in [6.07, 6.45) is 18.1. The van der Waals surface area contributed by atoms with Gasteiger partial charge < -0.3 is 5.73 Å². The fourth-order valence-corrected chi connectivity index (χ4v) is 3.92. The lowest BCUT2D eigenvalue weighted by molar-refractivity contribution is 0.348. The van der Waals surface area contributed by atoms with Crippen molar-refractivity contribution >= 4 is 0 Å². The second-order valence-corrected chi connectivity index (χ2v) is 8.39. The standard InChI is InChI=1S/C28H36N2/c1-7-23-13-16-26(17-14-23)28(6)18-20-30(21-28)19-10-11-24(8-2)27(29)25(9-3)15-12-22(4)5/h1,9-17H,4,8,18-21,29H2,2-3,5-6H3/b11-10-,15-12-,25-9?,27-24-. The van der Waals surface area contributed by atoms with Gasteiger partial charge in [-0.25, -0.2) is 0 Å². The van der Waals surface area contributed by atoms with E-state index in [4.69, 9.17) is 12.2 Å². The average molecular weight is 401 g/mol. The van der Waals surface area contributed by atoms with E-state index < -0.39 is 0 Å². The van der Waals surface area contributed by atoms with E-state index in [2.05, 4.69) is 61.6 Å². The van der Waals surface area contributed by atoms with Crippen LogP contribution in [0.4, 0.5) is 0 Å². The van der Waals surface area contributed by atoms with Crippen molar-refractivity contribution in [3.05, 3.63) is 94.8 Å². The molecule has 1 heterocycles. The first-order chi connectivity index (χ1) is 14.3. The van der Waals surface area contributed by atoms with Crippen molar-refractivity contribution in [1.82, 2.24) is 4.90 Å². The van der Waals surface area contributed by atoms with E-state index in [-0.39, 0.29) is 5.41 Å². The van der Waals surface area contributed by atoms with Crippen LogP contribution in [0.2, 0.25) is 0 Å². The van der Waals surface area contributed by atoms with Crippen LogP contribution in [-0.2, 0) is 5.41 Å². The van der Waals surface area contributed by atoms with Gasteiger partial charge in [0.05, 0.1) is 0 Å². The molecular formula is C28H36N2. The Kier molecular flexibility index (Phi) is 8.51. The van der Waals surface area contributed by atoms with E-state index in [0.29, 0.717) is 0 Å². The number of allylic oxidation sites excluding steroid dienone is 6. The summed E-state index contributed by atoms with van der Waals surface area (Å²) in [6.45, 7) is 15.5. The SMILES string of the molecule is C#Cc1ccc(C2(C)CCN(C/C=C\C(CC)=C(/N)C(=CC)/C=C\C(=C)C)C2)cc1. The van der Waals surface area contributed by atoms with Gasteiger partial charge in [0.2, 0.25) is 0 Å². The second-order valence-electron chi connectivity index (χ2n) is 8.39. The molecule has 2 nitrogen and oxygen atoms in total. The van der Waals surface area contributed by atoms with Gasteiger partial charge in [-0.3, -0.25) is 4.90 Å². The summed E-state index contributed by atoms with van der Waals surface area (Å²) in [5.41, 5.74) is 13.0. The van der Waals surface area contributed by atoms with E-state index in [0.717, 1.165) is 54.9 Å². The van der Waals surface area contributed by atoms with Gasteiger partial charge in [-0.2, -0.15) is 0 Å². The van der Waals surface area contributed by atoms with Crippen molar-refractivity contribution in [3.8, 4) is 12.3 Å². The Labute approximate surface area is 183 Å². The van der Waals surface area contributed by atoms with E-state index >= 15 is 0 Å². The summed E-state index contributed by atoms with van der Waals surface area (Å²) in [6, 6.07) is 8.46.